The van der Waals surface area contributed by atoms with Gasteiger partial charge in [-0.2, -0.15) is 0 Å². The van der Waals surface area contributed by atoms with E-state index >= 15 is 0 Å². The van der Waals surface area contributed by atoms with Crippen molar-refractivity contribution in [2.24, 2.45) is 5.73 Å². The highest BCUT2D eigenvalue weighted by molar-refractivity contribution is 5.38. The van der Waals surface area contributed by atoms with Crippen LogP contribution in [0.1, 0.15) is 19.5 Å². The van der Waals surface area contributed by atoms with Crippen LogP contribution in [0.5, 0.6) is 0 Å². The minimum absolute atomic E-state index is 0.522. The Morgan fingerprint density at radius 2 is 1.94 bits per heavy atom. The molecule has 1 aromatic carbocycles. The van der Waals surface area contributed by atoms with Gasteiger partial charge in [-0.25, -0.2) is 4.68 Å². The molecule has 2 aromatic rings. The van der Waals surface area contributed by atoms with E-state index in [4.69, 9.17) is 5.73 Å². The summed E-state index contributed by atoms with van der Waals surface area (Å²) < 4.78 is 1.69. The number of nitrogens with two attached hydrogens (primary N) is 1. The first-order chi connectivity index (χ1) is 8.06. The lowest BCUT2D eigenvalue weighted by atomic mass is 10.1. The molecule has 17 heavy (non-hydrogen) atoms. The van der Waals surface area contributed by atoms with Crippen molar-refractivity contribution in [3.63, 3.8) is 0 Å². The maximum atomic E-state index is 5.82. The Balaban J connectivity index is 2.39. The van der Waals surface area contributed by atoms with Gasteiger partial charge in [-0.15, -0.1) is 5.10 Å². The highest BCUT2D eigenvalue weighted by atomic mass is 15.4. The van der Waals surface area contributed by atoms with Crippen LogP contribution in [0.2, 0.25) is 0 Å². The van der Waals surface area contributed by atoms with E-state index in [9.17, 15) is 0 Å². The van der Waals surface area contributed by atoms with Gasteiger partial charge in [-0.3, -0.25) is 0 Å². The maximum Gasteiger partial charge on any atom is 0.137 e. The summed E-state index contributed by atoms with van der Waals surface area (Å²) in [4.78, 5) is 0. The van der Waals surface area contributed by atoms with Crippen molar-refractivity contribution in [3.8, 4) is 17.5 Å². The van der Waals surface area contributed by atoms with Gasteiger partial charge in [0.2, 0.25) is 0 Å². The monoisotopic (exact) mass is 226 g/mol. The van der Waals surface area contributed by atoms with Crippen molar-refractivity contribution >= 4 is 0 Å². The molecular formula is C13H14N4. The van der Waals surface area contributed by atoms with Crippen LogP contribution in [0, 0.1) is 11.8 Å². The molecular weight excluding hydrogens is 212 g/mol. The molecule has 1 aromatic heterocycles. The average Bonchev–Trinajstić information content (AvgIpc) is 2.75. The predicted molar refractivity (Wildman–Crippen MR) is 66.5 cm³/mol. The van der Waals surface area contributed by atoms with Crippen LogP contribution in [0.3, 0.4) is 0 Å². The molecule has 1 heterocycles. The fourth-order valence-corrected chi connectivity index (χ4v) is 1.31. The third-order valence-corrected chi connectivity index (χ3v) is 2.06. The summed E-state index contributed by atoms with van der Waals surface area (Å²) in [6, 6.07) is 9.75. The first kappa shape index (κ1) is 11.4. The molecule has 86 valence electrons. The van der Waals surface area contributed by atoms with Gasteiger partial charge >= 0.3 is 0 Å². The van der Waals surface area contributed by atoms with Gasteiger partial charge in [0.15, 0.2) is 0 Å². The van der Waals surface area contributed by atoms with E-state index in [1.807, 2.05) is 44.2 Å². The molecule has 0 amide bonds. The van der Waals surface area contributed by atoms with Gasteiger partial charge in [0, 0.05) is 0 Å². The van der Waals surface area contributed by atoms with Gasteiger partial charge in [0.25, 0.3) is 0 Å². The largest absolute Gasteiger partial charge is 0.316 e. The van der Waals surface area contributed by atoms with E-state index < -0.39 is 5.54 Å². The first-order valence-electron chi connectivity index (χ1n) is 5.34. The molecule has 4 nitrogen and oxygen atoms in total. The minimum Gasteiger partial charge on any atom is -0.316 e. The Morgan fingerprint density at radius 3 is 2.59 bits per heavy atom. The highest BCUT2D eigenvalue weighted by Gasteiger charge is 2.06. The molecule has 0 unspecified atom stereocenters. The van der Waals surface area contributed by atoms with Crippen LogP contribution in [0.4, 0.5) is 0 Å². The number of hydrogen-bond acceptors (Lipinski definition) is 3. The summed E-state index contributed by atoms with van der Waals surface area (Å²) in [5.74, 6) is 5.96. The molecule has 0 fully saturated rings. The Labute approximate surface area is 100 Å². The van der Waals surface area contributed by atoms with Gasteiger partial charge in [0.05, 0.1) is 17.4 Å². The number of rotatable bonds is 1. The second kappa shape index (κ2) is 4.40. The Hall–Kier alpha value is -2.12. The maximum absolute atomic E-state index is 5.82. The summed E-state index contributed by atoms with van der Waals surface area (Å²) in [6.07, 6.45) is 1.63. The summed E-state index contributed by atoms with van der Waals surface area (Å²) >= 11 is 0. The zero-order valence-corrected chi connectivity index (χ0v) is 9.88. The quantitative estimate of drug-likeness (QED) is 0.747. The number of benzene rings is 1. The lowest BCUT2D eigenvalue weighted by Crippen LogP contribution is -2.29. The van der Waals surface area contributed by atoms with Crippen LogP contribution >= 0.6 is 0 Å². The molecule has 0 radical (unpaired) electrons. The van der Waals surface area contributed by atoms with E-state index in [0.717, 1.165) is 11.4 Å². The van der Waals surface area contributed by atoms with E-state index in [1.165, 1.54) is 0 Å². The van der Waals surface area contributed by atoms with E-state index in [1.54, 1.807) is 10.9 Å². The highest BCUT2D eigenvalue weighted by Crippen LogP contribution is 2.07. The summed E-state index contributed by atoms with van der Waals surface area (Å²) in [5.41, 5.74) is 6.96. The molecule has 0 aliphatic heterocycles. The summed E-state index contributed by atoms with van der Waals surface area (Å²) in [7, 11) is 0. The fourth-order valence-electron chi connectivity index (χ4n) is 1.31. The van der Waals surface area contributed by atoms with Gasteiger partial charge in [-0.05, 0) is 31.9 Å². The van der Waals surface area contributed by atoms with E-state index in [0.29, 0.717) is 0 Å². The fraction of sp³-hybridized carbons (Fsp3) is 0.231. The molecule has 4 heteroatoms. The molecule has 2 N–H and O–H groups in total. The molecule has 0 aliphatic carbocycles. The standard InChI is InChI=1S/C13H14N4/c1-13(2,14)9-8-12-10-15-16-17(12)11-6-4-3-5-7-11/h3-7,10H,14H2,1-2H3. The number of hydrogen-bond donors (Lipinski definition) is 1. The predicted octanol–water partition coefficient (Wildman–Crippen LogP) is 1.36. The van der Waals surface area contributed by atoms with Crippen molar-refractivity contribution in [2.75, 3.05) is 0 Å². The lowest BCUT2D eigenvalue weighted by molar-refractivity contribution is 0.680. The van der Waals surface area contributed by atoms with Gasteiger partial charge in [-0.1, -0.05) is 29.3 Å². The Kier molecular flexibility index (Phi) is 2.94. The number of nitrogens with zero attached hydrogens (tertiary/aromatic N) is 3. The van der Waals surface area contributed by atoms with Gasteiger partial charge < -0.3 is 5.73 Å². The first-order valence-corrected chi connectivity index (χ1v) is 5.34. The van der Waals surface area contributed by atoms with Crippen LogP contribution in [0.15, 0.2) is 36.5 Å². The molecule has 0 bridgehead atoms. The SMILES string of the molecule is CC(C)(N)C#Cc1cnnn1-c1ccccc1. The van der Waals surface area contributed by atoms with Crippen LogP contribution in [0.25, 0.3) is 5.69 Å². The number of para-hydroxylation sites is 1. The van der Waals surface area contributed by atoms with E-state index in [-0.39, 0.29) is 0 Å². The molecule has 0 spiro atoms. The van der Waals surface area contributed by atoms with Crippen LogP contribution in [-0.4, -0.2) is 20.5 Å². The zero-order valence-electron chi connectivity index (χ0n) is 9.88. The lowest BCUT2D eigenvalue weighted by Gasteiger charge is -2.07. The van der Waals surface area contributed by atoms with Crippen LogP contribution in [-0.2, 0) is 0 Å². The molecule has 0 atom stereocenters. The van der Waals surface area contributed by atoms with Gasteiger partial charge in [0.1, 0.15) is 5.69 Å². The third-order valence-electron chi connectivity index (χ3n) is 2.06. The smallest absolute Gasteiger partial charge is 0.137 e. The topological polar surface area (TPSA) is 56.7 Å². The molecule has 0 saturated heterocycles. The van der Waals surface area contributed by atoms with Crippen LogP contribution < -0.4 is 5.73 Å². The molecule has 0 saturated carbocycles. The Morgan fingerprint density at radius 1 is 1.24 bits per heavy atom. The zero-order chi connectivity index (χ0) is 12.3. The van der Waals surface area contributed by atoms with Crippen molar-refractivity contribution in [1.29, 1.82) is 0 Å². The summed E-state index contributed by atoms with van der Waals surface area (Å²) in [5, 5.41) is 7.88. The second-order valence-electron chi connectivity index (χ2n) is 4.34. The third kappa shape index (κ3) is 2.92. The second-order valence-corrected chi connectivity index (χ2v) is 4.34. The molecule has 2 rings (SSSR count). The van der Waals surface area contributed by atoms with Crippen molar-refractivity contribution in [2.45, 2.75) is 19.4 Å². The Bertz CT molecular complexity index is 552. The van der Waals surface area contributed by atoms with E-state index in [2.05, 4.69) is 22.2 Å². The van der Waals surface area contributed by atoms with Crippen molar-refractivity contribution < 1.29 is 0 Å². The van der Waals surface area contributed by atoms with Crippen molar-refractivity contribution in [1.82, 2.24) is 15.0 Å². The normalized spacial score (nSPS) is 10.8. The number of aromatic nitrogens is 3. The minimum atomic E-state index is -0.522. The van der Waals surface area contributed by atoms with Crippen molar-refractivity contribution in [3.05, 3.63) is 42.2 Å². The summed E-state index contributed by atoms with van der Waals surface area (Å²) in [6.45, 7) is 3.72. The average molecular weight is 226 g/mol. The molecule has 0 aliphatic rings.